The first-order valence-corrected chi connectivity index (χ1v) is 4.12. The lowest BCUT2D eigenvalue weighted by atomic mass is 10.2. The molecule has 0 amide bonds. The van der Waals surface area contributed by atoms with Gasteiger partial charge in [0.2, 0.25) is 0 Å². The molecule has 0 saturated heterocycles. The maximum Gasteiger partial charge on any atom is 0.339 e. The summed E-state index contributed by atoms with van der Waals surface area (Å²) in [7, 11) is 0. The molecule has 72 valence electrons. The molecule has 1 aromatic carbocycles. The van der Waals surface area contributed by atoms with E-state index in [1.165, 1.54) is 18.2 Å². The van der Waals surface area contributed by atoms with Gasteiger partial charge in [-0.15, -0.1) is 0 Å². The number of rotatable bonds is 2. The fourth-order valence-corrected chi connectivity index (χ4v) is 0.969. The molecule has 0 atom stereocenters. The van der Waals surface area contributed by atoms with E-state index in [0.717, 1.165) is 0 Å². The number of esters is 1. The van der Waals surface area contributed by atoms with Gasteiger partial charge in [0.1, 0.15) is 6.07 Å². The SMILES string of the molecule is N#CCOC(=O)c1ccc(Cl)c(N)c1. The number of hydrogen-bond acceptors (Lipinski definition) is 4. The van der Waals surface area contributed by atoms with Crippen molar-refractivity contribution >= 4 is 23.3 Å². The van der Waals surface area contributed by atoms with Crippen LogP contribution < -0.4 is 5.73 Å². The van der Waals surface area contributed by atoms with Crippen LogP contribution in [0.2, 0.25) is 5.02 Å². The molecule has 0 fully saturated rings. The maximum absolute atomic E-state index is 11.2. The van der Waals surface area contributed by atoms with E-state index in [1.807, 2.05) is 0 Å². The highest BCUT2D eigenvalue weighted by Crippen LogP contribution is 2.19. The number of anilines is 1. The van der Waals surface area contributed by atoms with Crippen molar-refractivity contribution in [3.8, 4) is 6.07 Å². The third-order valence-electron chi connectivity index (χ3n) is 1.50. The minimum atomic E-state index is -0.588. The average molecular weight is 211 g/mol. The van der Waals surface area contributed by atoms with E-state index in [-0.39, 0.29) is 12.2 Å². The molecule has 5 heteroatoms. The second-order valence-corrected chi connectivity index (χ2v) is 2.88. The zero-order chi connectivity index (χ0) is 10.6. The molecule has 0 unspecified atom stereocenters. The third kappa shape index (κ3) is 2.38. The van der Waals surface area contributed by atoms with Gasteiger partial charge in [-0.1, -0.05) is 11.6 Å². The van der Waals surface area contributed by atoms with Crippen LogP contribution >= 0.6 is 11.6 Å². The van der Waals surface area contributed by atoms with E-state index in [1.54, 1.807) is 6.07 Å². The van der Waals surface area contributed by atoms with Crippen molar-refractivity contribution in [1.29, 1.82) is 5.26 Å². The summed E-state index contributed by atoms with van der Waals surface area (Å²) in [5.41, 5.74) is 6.07. The van der Waals surface area contributed by atoms with Gasteiger partial charge in [-0.25, -0.2) is 4.79 Å². The lowest BCUT2D eigenvalue weighted by Gasteiger charge is -2.02. The topological polar surface area (TPSA) is 76.1 Å². The van der Waals surface area contributed by atoms with E-state index < -0.39 is 5.97 Å². The third-order valence-corrected chi connectivity index (χ3v) is 1.84. The predicted molar refractivity (Wildman–Crippen MR) is 51.8 cm³/mol. The summed E-state index contributed by atoms with van der Waals surface area (Å²) in [6.45, 7) is -0.276. The Labute approximate surface area is 85.8 Å². The highest BCUT2D eigenvalue weighted by Gasteiger charge is 2.08. The number of nitriles is 1. The molecule has 0 radical (unpaired) electrons. The van der Waals surface area contributed by atoms with Crippen LogP contribution in [0, 0.1) is 11.3 Å². The number of nitrogen functional groups attached to an aromatic ring is 1. The molecular formula is C9H7ClN2O2. The molecule has 0 heterocycles. The number of halogens is 1. The normalized spacial score (nSPS) is 9.14. The number of carbonyl (C=O) groups excluding carboxylic acids is 1. The van der Waals surface area contributed by atoms with Gasteiger partial charge >= 0.3 is 5.97 Å². The monoisotopic (exact) mass is 210 g/mol. The predicted octanol–water partition coefficient (Wildman–Crippen LogP) is 1.60. The van der Waals surface area contributed by atoms with Crippen LogP contribution in [0.5, 0.6) is 0 Å². The number of benzene rings is 1. The Hall–Kier alpha value is -1.73. The van der Waals surface area contributed by atoms with Gasteiger partial charge in [-0.3, -0.25) is 0 Å². The van der Waals surface area contributed by atoms with Crippen LogP contribution in [0.3, 0.4) is 0 Å². The second kappa shape index (κ2) is 4.49. The highest BCUT2D eigenvalue weighted by atomic mass is 35.5. The van der Waals surface area contributed by atoms with Gasteiger partial charge in [0.05, 0.1) is 16.3 Å². The van der Waals surface area contributed by atoms with E-state index in [2.05, 4.69) is 4.74 Å². The summed E-state index contributed by atoms with van der Waals surface area (Å²) >= 11 is 5.66. The number of hydrogen-bond donors (Lipinski definition) is 1. The van der Waals surface area contributed by atoms with Gasteiger partial charge in [0.15, 0.2) is 6.61 Å². The molecule has 0 bridgehead atoms. The van der Waals surface area contributed by atoms with E-state index >= 15 is 0 Å². The summed E-state index contributed by atoms with van der Waals surface area (Å²) in [5, 5.41) is 8.56. The van der Waals surface area contributed by atoms with Gasteiger partial charge in [-0.2, -0.15) is 5.26 Å². The summed E-state index contributed by atoms with van der Waals surface area (Å²) in [6, 6.07) is 6.08. The average Bonchev–Trinajstić information content (AvgIpc) is 2.18. The standard InChI is InChI=1S/C9H7ClN2O2/c10-7-2-1-6(5-8(7)12)9(13)14-4-3-11/h1-2,5H,4,12H2. The Morgan fingerprint density at radius 3 is 2.93 bits per heavy atom. The first kappa shape index (κ1) is 10.4. The van der Waals surface area contributed by atoms with Crippen LogP contribution in [0.4, 0.5) is 5.69 Å². The Kier molecular flexibility index (Phi) is 3.32. The zero-order valence-electron chi connectivity index (χ0n) is 7.16. The van der Waals surface area contributed by atoms with E-state index in [0.29, 0.717) is 10.7 Å². The molecule has 0 aromatic heterocycles. The lowest BCUT2D eigenvalue weighted by molar-refractivity contribution is 0.0555. The van der Waals surface area contributed by atoms with Crippen LogP contribution in [0.15, 0.2) is 18.2 Å². The Balaban J connectivity index is 2.82. The van der Waals surface area contributed by atoms with Crippen molar-refractivity contribution < 1.29 is 9.53 Å². The van der Waals surface area contributed by atoms with Crippen LogP contribution in [0.25, 0.3) is 0 Å². The quantitative estimate of drug-likeness (QED) is 0.594. The minimum absolute atomic E-state index is 0.276. The molecule has 0 aliphatic heterocycles. The summed E-state index contributed by atoms with van der Waals surface area (Å²) in [6.07, 6.45) is 0. The largest absolute Gasteiger partial charge is 0.447 e. The van der Waals surface area contributed by atoms with Crippen molar-refractivity contribution in [2.75, 3.05) is 12.3 Å². The highest BCUT2D eigenvalue weighted by molar-refractivity contribution is 6.33. The molecule has 0 aliphatic rings. The van der Waals surface area contributed by atoms with E-state index in [4.69, 9.17) is 22.6 Å². The van der Waals surface area contributed by atoms with Gasteiger partial charge in [0, 0.05) is 0 Å². The van der Waals surface area contributed by atoms with Crippen molar-refractivity contribution in [1.82, 2.24) is 0 Å². The summed E-state index contributed by atoms with van der Waals surface area (Å²) in [5.74, 6) is -0.588. The number of nitrogens with two attached hydrogens (primary N) is 1. The summed E-state index contributed by atoms with van der Waals surface area (Å²) in [4.78, 5) is 11.2. The van der Waals surface area contributed by atoms with Gasteiger partial charge in [-0.05, 0) is 18.2 Å². The van der Waals surface area contributed by atoms with Crippen molar-refractivity contribution in [2.24, 2.45) is 0 Å². The van der Waals surface area contributed by atoms with Crippen LogP contribution in [-0.4, -0.2) is 12.6 Å². The first-order chi connectivity index (χ1) is 6.65. The van der Waals surface area contributed by atoms with E-state index in [9.17, 15) is 4.79 Å². The molecule has 1 rings (SSSR count). The fourth-order valence-electron chi connectivity index (χ4n) is 0.852. The van der Waals surface area contributed by atoms with Crippen LogP contribution in [-0.2, 0) is 4.74 Å². The second-order valence-electron chi connectivity index (χ2n) is 2.47. The van der Waals surface area contributed by atoms with Gasteiger partial charge < -0.3 is 10.5 Å². The molecule has 2 N–H and O–H groups in total. The van der Waals surface area contributed by atoms with Crippen molar-refractivity contribution in [3.05, 3.63) is 28.8 Å². The molecular weight excluding hydrogens is 204 g/mol. The zero-order valence-corrected chi connectivity index (χ0v) is 7.91. The number of carbonyl (C=O) groups is 1. The number of nitrogens with zero attached hydrogens (tertiary/aromatic N) is 1. The molecule has 1 aromatic rings. The summed E-state index contributed by atoms with van der Waals surface area (Å²) < 4.78 is 4.57. The first-order valence-electron chi connectivity index (χ1n) is 3.74. The smallest absolute Gasteiger partial charge is 0.339 e. The Bertz CT molecular complexity index is 398. The van der Waals surface area contributed by atoms with Crippen LogP contribution in [0.1, 0.15) is 10.4 Å². The Morgan fingerprint density at radius 2 is 2.36 bits per heavy atom. The molecule has 0 spiro atoms. The Morgan fingerprint density at radius 1 is 1.64 bits per heavy atom. The maximum atomic E-state index is 11.2. The van der Waals surface area contributed by atoms with Crippen molar-refractivity contribution in [2.45, 2.75) is 0 Å². The number of ether oxygens (including phenoxy) is 1. The van der Waals surface area contributed by atoms with Gasteiger partial charge in [0.25, 0.3) is 0 Å². The molecule has 4 nitrogen and oxygen atoms in total. The lowest BCUT2D eigenvalue weighted by Crippen LogP contribution is -2.05. The minimum Gasteiger partial charge on any atom is -0.447 e. The fraction of sp³-hybridized carbons (Fsp3) is 0.111. The van der Waals surface area contributed by atoms with Crippen molar-refractivity contribution in [3.63, 3.8) is 0 Å². The molecule has 14 heavy (non-hydrogen) atoms. The molecule has 0 aliphatic carbocycles. The molecule has 0 saturated carbocycles.